The molecule has 2 fully saturated rings. The Labute approximate surface area is 293 Å². The molecule has 50 heavy (non-hydrogen) atoms. The molecule has 0 unspecified atom stereocenters. The number of likely N-dealkylation sites (tertiary alicyclic amines) is 2. The Morgan fingerprint density at radius 1 is 0.820 bits per heavy atom. The molecule has 0 saturated carbocycles. The Bertz CT molecular complexity index is 1390. The number of benzene rings is 1. The minimum atomic E-state index is -1.40. The third-order valence-corrected chi connectivity index (χ3v) is 9.21. The lowest BCUT2D eigenvalue weighted by molar-refractivity contribution is -0.147. The number of hydrogen-bond donors (Lipinski definition) is 6. The topological polar surface area (TPSA) is 234 Å². The van der Waals surface area contributed by atoms with E-state index in [2.05, 4.69) is 16.0 Å². The Balaban J connectivity index is 1.80. The summed E-state index contributed by atoms with van der Waals surface area (Å²) in [7, 11) is 0. The fourth-order valence-electron chi connectivity index (χ4n) is 6.38. The van der Waals surface area contributed by atoms with Crippen LogP contribution in [-0.2, 0) is 40.0 Å². The number of carbonyl (C=O) groups excluding carboxylic acids is 6. The summed E-state index contributed by atoms with van der Waals surface area (Å²) in [5.41, 5.74) is 12.0. The highest BCUT2D eigenvalue weighted by Gasteiger charge is 2.44. The highest BCUT2D eigenvalue weighted by Crippen LogP contribution is 2.26. The average Bonchev–Trinajstić information content (AvgIpc) is 3.76. The number of carboxylic acid groups (broad SMARTS) is 1. The van der Waals surface area contributed by atoms with Crippen molar-refractivity contribution in [3.05, 3.63) is 35.9 Å². The molecule has 0 bridgehead atoms. The number of aliphatic carboxylic acids is 1. The van der Waals surface area contributed by atoms with Crippen molar-refractivity contribution in [1.29, 1.82) is 0 Å². The number of carboxylic acids is 1. The van der Waals surface area contributed by atoms with Crippen LogP contribution in [0.2, 0.25) is 0 Å². The van der Waals surface area contributed by atoms with Crippen LogP contribution in [-0.4, -0.2) is 106 Å². The highest BCUT2D eigenvalue weighted by atomic mass is 16.4. The Morgan fingerprint density at radius 3 is 1.98 bits per heavy atom. The molecule has 15 nitrogen and oxygen atoms in total. The van der Waals surface area contributed by atoms with Crippen molar-refractivity contribution in [2.75, 3.05) is 13.1 Å². The second-order valence-corrected chi connectivity index (χ2v) is 14.0. The molecule has 0 spiro atoms. The van der Waals surface area contributed by atoms with Crippen LogP contribution in [0, 0.1) is 11.8 Å². The number of carbonyl (C=O) groups is 7. The third-order valence-electron chi connectivity index (χ3n) is 9.21. The van der Waals surface area contributed by atoms with Gasteiger partial charge in [0.2, 0.25) is 35.4 Å². The first kappa shape index (κ1) is 39.9. The third kappa shape index (κ3) is 11.0. The van der Waals surface area contributed by atoms with Crippen molar-refractivity contribution in [3.63, 3.8) is 0 Å². The molecule has 2 saturated heterocycles. The summed E-state index contributed by atoms with van der Waals surface area (Å²) in [6.45, 7) is 8.07. The average molecular weight is 700 g/mol. The molecule has 2 heterocycles. The molecule has 0 radical (unpaired) electrons. The van der Waals surface area contributed by atoms with Crippen molar-refractivity contribution < 1.29 is 38.7 Å². The van der Waals surface area contributed by atoms with Crippen molar-refractivity contribution in [3.8, 4) is 0 Å². The molecule has 276 valence electrons. The molecule has 6 amide bonds. The van der Waals surface area contributed by atoms with E-state index in [9.17, 15) is 38.7 Å². The van der Waals surface area contributed by atoms with Crippen LogP contribution in [0.3, 0.4) is 0 Å². The minimum absolute atomic E-state index is 0.0729. The Kier molecular flexibility index (Phi) is 14.7. The maximum Gasteiger partial charge on any atom is 0.326 e. The van der Waals surface area contributed by atoms with E-state index in [1.54, 1.807) is 24.3 Å². The van der Waals surface area contributed by atoms with E-state index < -0.39 is 65.8 Å². The lowest BCUT2D eigenvalue weighted by Gasteiger charge is -2.33. The minimum Gasteiger partial charge on any atom is -0.480 e. The second-order valence-electron chi connectivity index (χ2n) is 14.0. The fourth-order valence-corrected chi connectivity index (χ4v) is 6.38. The number of nitrogens with zero attached hydrogens (tertiary/aromatic N) is 2. The van der Waals surface area contributed by atoms with Gasteiger partial charge in [-0.3, -0.25) is 28.8 Å². The predicted octanol–water partition coefficient (Wildman–Crippen LogP) is 0.0450. The quantitative estimate of drug-likeness (QED) is 0.129. The van der Waals surface area contributed by atoms with Gasteiger partial charge in [0.1, 0.15) is 30.2 Å². The van der Waals surface area contributed by atoms with Crippen LogP contribution < -0.4 is 27.4 Å². The molecule has 1 aromatic rings. The number of nitrogens with two attached hydrogens (primary N) is 2. The van der Waals surface area contributed by atoms with Gasteiger partial charge in [0.05, 0.1) is 6.04 Å². The largest absolute Gasteiger partial charge is 0.480 e. The van der Waals surface area contributed by atoms with E-state index in [0.717, 1.165) is 5.56 Å². The molecule has 6 atom stereocenters. The lowest BCUT2D eigenvalue weighted by atomic mass is 10.00. The maximum absolute atomic E-state index is 13.9. The molecule has 2 aliphatic heterocycles. The first-order chi connectivity index (χ1) is 23.6. The summed E-state index contributed by atoms with van der Waals surface area (Å²) in [5.74, 6) is -4.85. The zero-order chi connectivity index (χ0) is 37.1. The van der Waals surface area contributed by atoms with Crippen LogP contribution >= 0.6 is 0 Å². The molecule has 2 aliphatic rings. The van der Waals surface area contributed by atoms with E-state index in [1.807, 2.05) is 33.8 Å². The molecular weight excluding hydrogens is 646 g/mol. The molecule has 3 rings (SSSR count). The van der Waals surface area contributed by atoms with E-state index in [0.29, 0.717) is 38.8 Å². The monoisotopic (exact) mass is 699 g/mol. The standard InChI is InChI=1S/C35H53N7O8/c1-20(2)18-24(30(44)38-23(35(49)50)14-15-28(36)43)39-31(45)25(19-22-10-6-5-7-11-22)40-32(46)26-12-8-16-41(26)33(47)27-13-9-17-42(27)34(48)29(37)21(3)4/h5-7,10-11,20-21,23-27,29H,8-9,12-19,37H2,1-4H3,(H2,36,43)(H,38,44)(H,39,45)(H,40,46)(H,49,50)/t23-,24-,25-,26-,27-,29-/m0/s1. The predicted molar refractivity (Wildman–Crippen MR) is 184 cm³/mol. The van der Waals surface area contributed by atoms with Crippen LogP contribution in [0.25, 0.3) is 0 Å². The molecule has 0 aromatic heterocycles. The van der Waals surface area contributed by atoms with Gasteiger partial charge in [0, 0.05) is 25.9 Å². The van der Waals surface area contributed by atoms with Gasteiger partial charge in [-0.15, -0.1) is 0 Å². The normalized spacial score (nSPS) is 19.8. The van der Waals surface area contributed by atoms with E-state index in [1.165, 1.54) is 9.80 Å². The summed E-state index contributed by atoms with van der Waals surface area (Å²) >= 11 is 0. The molecule has 15 heteroatoms. The summed E-state index contributed by atoms with van der Waals surface area (Å²) < 4.78 is 0. The smallest absolute Gasteiger partial charge is 0.326 e. The van der Waals surface area contributed by atoms with E-state index >= 15 is 0 Å². The maximum atomic E-state index is 13.9. The van der Waals surface area contributed by atoms with E-state index in [4.69, 9.17) is 11.5 Å². The van der Waals surface area contributed by atoms with Gasteiger partial charge in [-0.25, -0.2) is 4.79 Å². The van der Waals surface area contributed by atoms with Crippen LogP contribution in [0.5, 0.6) is 0 Å². The highest BCUT2D eigenvalue weighted by molar-refractivity contribution is 5.97. The number of nitrogens with one attached hydrogen (secondary N) is 3. The first-order valence-corrected chi connectivity index (χ1v) is 17.4. The molecule has 8 N–H and O–H groups in total. The lowest BCUT2D eigenvalue weighted by Crippen LogP contribution is -2.59. The SMILES string of the molecule is CC(C)C[C@H](NC(=O)[C@H](Cc1ccccc1)NC(=O)[C@@H]1CCCN1C(=O)[C@@H]1CCCN1C(=O)[C@@H](N)C(C)C)C(=O)N[C@@H](CCC(N)=O)C(=O)O. The number of primary amides is 1. The number of amides is 6. The van der Waals surface area contributed by atoms with Gasteiger partial charge >= 0.3 is 5.97 Å². The summed E-state index contributed by atoms with van der Waals surface area (Å²) in [5, 5.41) is 17.5. The van der Waals surface area contributed by atoms with Gasteiger partial charge in [-0.1, -0.05) is 58.0 Å². The van der Waals surface area contributed by atoms with Gasteiger partial charge in [0.25, 0.3) is 0 Å². The zero-order valence-corrected chi connectivity index (χ0v) is 29.4. The Morgan fingerprint density at radius 2 is 1.40 bits per heavy atom. The number of hydrogen-bond acceptors (Lipinski definition) is 8. The van der Waals surface area contributed by atoms with Gasteiger partial charge in [-0.05, 0) is 55.9 Å². The van der Waals surface area contributed by atoms with Gasteiger partial charge < -0.3 is 42.3 Å². The van der Waals surface area contributed by atoms with Crippen molar-refractivity contribution in [2.45, 2.75) is 115 Å². The van der Waals surface area contributed by atoms with Crippen LogP contribution in [0.15, 0.2) is 30.3 Å². The second kappa shape index (κ2) is 18.5. The van der Waals surface area contributed by atoms with Gasteiger partial charge in [-0.2, -0.15) is 0 Å². The fraction of sp³-hybridized carbons (Fsp3) is 0.629. The molecule has 1 aromatic carbocycles. The van der Waals surface area contributed by atoms with Crippen molar-refractivity contribution in [1.82, 2.24) is 25.8 Å². The summed E-state index contributed by atoms with van der Waals surface area (Å²) in [6.07, 6.45) is 1.78. The van der Waals surface area contributed by atoms with Crippen molar-refractivity contribution >= 4 is 41.4 Å². The van der Waals surface area contributed by atoms with Crippen LogP contribution in [0.1, 0.15) is 78.2 Å². The van der Waals surface area contributed by atoms with E-state index in [-0.39, 0.29) is 49.3 Å². The molecule has 0 aliphatic carbocycles. The molecular formula is C35H53N7O8. The summed E-state index contributed by atoms with van der Waals surface area (Å²) in [6, 6.07) is 2.92. The first-order valence-electron chi connectivity index (χ1n) is 17.4. The van der Waals surface area contributed by atoms with Crippen LogP contribution in [0.4, 0.5) is 0 Å². The van der Waals surface area contributed by atoms with Crippen molar-refractivity contribution in [2.24, 2.45) is 23.3 Å². The number of rotatable bonds is 17. The zero-order valence-electron chi connectivity index (χ0n) is 29.4. The van der Waals surface area contributed by atoms with Gasteiger partial charge in [0.15, 0.2) is 0 Å². The Hall–Kier alpha value is -4.53. The summed E-state index contributed by atoms with van der Waals surface area (Å²) in [4.78, 5) is 94.0.